The predicted octanol–water partition coefficient (Wildman–Crippen LogP) is -0.511. The number of aromatic nitrogens is 1. The van der Waals surface area contributed by atoms with Gasteiger partial charge in [0.25, 0.3) is 0 Å². The van der Waals surface area contributed by atoms with Crippen molar-refractivity contribution < 1.29 is 19.8 Å². The van der Waals surface area contributed by atoms with E-state index in [-0.39, 0.29) is 17.3 Å². The molecule has 1 fully saturated rings. The van der Waals surface area contributed by atoms with Crippen LogP contribution in [0.1, 0.15) is 26.8 Å². The quantitative estimate of drug-likeness (QED) is 0.593. The van der Waals surface area contributed by atoms with Gasteiger partial charge in [-0.1, -0.05) is 0 Å². The molecule has 1 aliphatic rings. The minimum atomic E-state index is -1.01. The third-order valence-corrected chi connectivity index (χ3v) is 4.02. The van der Waals surface area contributed by atoms with Gasteiger partial charge in [0.05, 0.1) is 24.4 Å². The summed E-state index contributed by atoms with van der Waals surface area (Å²) in [4.78, 5) is 26.9. The Labute approximate surface area is 113 Å². The largest absolute Gasteiger partial charge is 0.477 e. The Bertz CT molecular complexity index is 502. The molecule has 1 saturated heterocycles. The normalized spacial score (nSPS) is 22.4. The van der Waals surface area contributed by atoms with E-state index in [1.54, 1.807) is 6.92 Å². The van der Waals surface area contributed by atoms with Gasteiger partial charge in [-0.25, -0.2) is 9.78 Å². The van der Waals surface area contributed by atoms with E-state index < -0.39 is 18.1 Å². The molecule has 104 valence electrons. The summed E-state index contributed by atoms with van der Waals surface area (Å²) in [6.07, 6.45) is -0.0974. The molecule has 0 spiro atoms. The number of amides is 1. The SMILES string of the molecule is Cc1nc(CNC(=O)C2CC(O)CN2)sc1C(=O)O. The first kappa shape index (κ1) is 13.9. The number of carbonyl (C=O) groups is 2. The summed E-state index contributed by atoms with van der Waals surface area (Å²) >= 11 is 1.06. The fraction of sp³-hybridized carbons (Fsp3) is 0.545. The fourth-order valence-electron chi connectivity index (χ4n) is 1.93. The molecule has 1 aliphatic heterocycles. The molecule has 0 saturated carbocycles. The van der Waals surface area contributed by atoms with Crippen molar-refractivity contribution in [3.8, 4) is 0 Å². The van der Waals surface area contributed by atoms with E-state index in [0.717, 1.165) is 11.3 Å². The number of carbonyl (C=O) groups excluding carboxylic acids is 1. The van der Waals surface area contributed by atoms with Crippen LogP contribution in [-0.4, -0.2) is 45.8 Å². The van der Waals surface area contributed by atoms with Gasteiger partial charge in [0.1, 0.15) is 9.88 Å². The molecule has 2 unspecified atom stereocenters. The van der Waals surface area contributed by atoms with E-state index in [0.29, 0.717) is 23.7 Å². The molecule has 0 aliphatic carbocycles. The highest BCUT2D eigenvalue weighted by molar-refractivity contribution is 7.13. The average Bonchev–Trinajstić information content (AvgIpc) is 2.92. The molecule has 1 aromatic rings. The van der Waals surface area contributed by atoms with Gasteiger partial charge in [-0.15, -0.1) is 11.3 Å². The number of carboxylic acid groups (broad SMARTS) is 1. The monoisotopic (exact) mass is 285 g/mol. The molecular formula is C11H15N3O4S. The van der Waals surface area contributed by atoms with E-state index in [1.807, 2.05) is 0 Å². The molecule has 2 heterocycles. The van der Waals surface area contributed by atoms with Gasteiger partial charge in [0.15, 0.2) is 0 Å². The molecular weight excluding hydrogens is 270 g/mol. The van der Waals surface area contributed by atoms with Gasteiger partial charge in [0, 0.05) is 6.54 Å². The third kappa shape index (κ3) is 3.28. The second kappa shape index (κ2) is 5.64. The number of aliphatic hydroxyl groups excluding tert-OH is 1. The molecule has 1 aromatic heterocycles. The maximum Gasteiger partial charge on any atom is 0.347 e. The van der Waals surface area contributed by atoms with E-state index in [2.05, 4.69) is 15.6 Å². The number of thiazole rings is 1. The number of aryl methyl sites for hydroxylation is 1. The third-order valence-electron chi connectivity index (χ3n) is 2.87. The number of nitrogens with zero attached hydrogens (tertiary/aromatic N) is 1. The van der Waals surface area contributed by atoms with Crippen LogP contribution in [0.2, 0.25) is 0 Å². The summed E-state index contributed by atoms with van der Waals surface area (Å²) in [6.45, 7) is 2.24. The fourth-order valence-corrected chi connectivity index (χ4v) is 2.77. The lowest BCUT2D eigenvalue weighted by Crippen LogP contribution is -2.39. The van der Waals surface area contributed by atoms with Crippen LogP contribution in [0.4, 0.5) is 0 Å². The highest BCUT2D eigenvalue weighted by atomic mass is 32.1. The summed E-state index contributed by atoms with van der Waals surface area (Å²) in [5.41, 5.74) is 0.455. The van der Waals surface area contributed by atoms with Gasteiger partial charge in [0.2, 0.25) is 5.91 Å². The Balaban J connectivity index is 1.90. The minimum Gasteiger partial charge on any atom is -0.477 e. The van der Waals surface area contributed by atoms with Crippen molar-refractivity contribution >= 4 is 23.2 Å². The smallest absolute Gasteiger partial charge is 0.347 e. The highest BCUT2D eigenvalue weighted by Crippen LogP contribution is 2.17. The molecule has 7 nitrogen and oxygen atoms in total. The summed E-state index contributed by atoms with van der Waals surface area (Å²) in [7, 11) is 0. The zero-order valence-electron chi connectivity index (χ0n) is 10.3. The molecule has 19 heavy (non-hydrogen) atoms. The van der Waals surface area contributed by atoms with E-state index in [1.165, 1.54) is 0 Å². The van der Waals surface area contributed by atoms with Gasteiger partial charge >= 0.3 is 5.97 Å². The summed E-state index contributed by atoms with van der Waals surface area (Å²) < 4.78 is 0. The first-order valence-electron chi connectivity index (χ1n) is 5.86. The number of hydrogen-bond donors (Lipinski definition) is 4. The molecule has 0 radical (unpaired) electrons. The molecule has 8 heteroatoms. The number of hydrogen-bond acceptors (Lipinski definition) is 6. The van der Waals surface area contributed by atoms with Crippen molar-refractivity contribution in [1.29, 1.82) is 0 Å². The molecule has 2 rings (SSSR count). The maximum atomic E-state index is 11.8. The molecule has 4 N–H and O–H groups in total. The second-order valence-electron chi connectivity index (χ2n) is 4.40. The van der Waals surface area contributed by atoms with Gasteiger partial charge in [-0.2, -0.15) is 0 Å². The van der Waals surface area contributed by atoms with Crippen LogP contribution >= 0.6 is 11.3 Å². The highest BCUT2D eigenvalue weighted by Gasteiger charge is 2.27. The van der Waals surface area contributed by atoms with Crippen LogP contribution in [0, 0.1) is 6.92 Å². The van der Waals surface area contributed by atoms with E-state index >= 15 is 0 Å². The first-order valence-corrected chi connectivity index (χ1v) is 6.67. The van der Waals surface area contributed by atoms with Crippen LogP contribution in [0.5, 0.6) is 0 Å². The van der Waals surface area contributed by atoms with Crippen molar-refractivity contribution in [2.75, 3.05) is 6.54 Å². The van der Waals surface area contributed by atoms with Crippen molar-refractivity contribution in [3.63, 3.8) is 0 Å². The van der Waals surface area contributed by atoms with Crippen molar-refractivity contribution in [1.82, 2.24) is 15.6 Å². The molecule has 1 amide bonds. The number of aliphatic hydroxyl groups is 1. The standard InChI is InChI=1S/C11H15N3O4S/c1-5-9(11(17)18)19-8(14-5)4-13-10(16)7-2-6(15)3-12-7/h6-7,12,15H,2-4H2,1H3,(H,13,16)(H,17,18). The molecule has 0 aromatic carbocycles. The minimum absolute atomic E-state index is 0.193. The van der Waals surface area contributed by atoms with Gasteiger partial charge in [-0.05, 0) is 13.3 Å². The predicted molar refractivity (Wildman–Crippen MR) is 68.1 cm³/mol. The zero-order valence-corrected chi connectivity index (χ0v) is 11.2. The number of carboxylic acids is 1. The molecule has 2 atom stereocenters. The number of rotatable bonds is 4. The lowest BCUT2D eigenvalue weighted by atomic mass is 10.2. The Kier molecular flexibility index (Phi) is 4.13. The average molecular weight is 285 g/mol. The molecule has 0 bridgehead atoms. The van der Waals surface area contributed by atoms with Gasteiger partial charge < -0.3 is 20.8 Å². The van der Waals surface area contributed by atoms with Crippen LogP contribution in [-0.2, 0) is 11.3 Å². The lowest BCUT2D eigenvalue weighted by molar-refractivity contribution is -0.123. The van der Waals surface area contributed by atoms with Crippen molar-refractivity contribution in [2.24, 2.45) is 0 Å². The van der Waals surface area contributed by atoms with E-state index in [4.69, 9.17) is 5.11 Å². The van der Waals surface area contributed by atoms with Gasteiger partial charge in [-0.3, -0.25) is 4.79 Å². The topological polar surface area (TPSA) is 112 Å². The van der Waals surface area contributed by atoms with Crippen molar-refractivity contribution in [3.05, 3.63) is 15.6 Å². The Morgan fingerprint density at radius 1 is 1.58 bits per heavy atom. The number of β-amino-alcohol motifs (C(OH)–C–C–N with tert-alkyl or cyclic N) is 1. The van der Waals surface area contributed by atoms with Crippen LogP contribution in [0.3, 0.4) is 0 Å². The Morgan fingerprint density at radius 3 is 2.84 bits per heavy atom. The zero-order chi connectivity index (χ0) is 14.0. The number of aromatic carboxylic acids is 1. The maximum absolute atomic E-state index is 11.8. The second-order valence-corrected chi connectivity index (χ2v) is 5.48. The van der Waals surface area contributed by atoms with Crippen molar-refractivity contribution in [2.45, 2.75) is 32.0 Å². The summed E-state index contributed by atoms with van der Waals surface area (Å²) in [5, 5.41) is 24.4. The van der Waals surface area contributed by atoms with Crippen LogP contribution < -0.4 is 10.6 Å². The Morgan fingerprint density at radius 2 is 2.32 bits per heavy atom. The lowest BCUT2D eigenvalue weighted by Gasteiger charge is -2.09. The van der Waals surface area contributed by atoms with E-state index in [9.17, 15) is 14.7 Å². The first-order chi connectivity index (χ1) is 8.97. The van der Waals surface area contributed by atoms with Crippen LogP contribution in [0.25, 0.3) is 0 Å². The van der Waals surface area contributed by atoms with Crippen LogP contribution in [0.15, 0.2) is 0 Å². The number of nitrogens with one attached hydrogen (secondary N) is 2. The Hall–Kier alpha value is -1.51. The summed E-state index contributed by atoms with van der Waals surface area (Å²) in [5.74, 6) is -1.21. The summed E-state index contributed by atoms with van der Waals surface area (Å²) in [6, 6.07) is -0.394.